The van der Waals surface area contributed by atoms with E-state index in [4.69, 9.17) is 0 Å². The van der Waals surface area contributed by atoms with Crippen LogP contribution in [0.1, 0.15) is 19.0 Å². The number of rotatable bonds is 3. The molecule has 3 heteroatoms. The van der Waals surface area contributed by atoms with E-state index in [-0.39, 0.29) is 0 Å². The van der Waals surface area contributed by atoms with Gasteiger partial charge in [-0.05, 0) is 30.9 Å². The molecule has 2 nitrogen and oxygen atoms in total. The molecule has 0 aliphatic heterocycles. The summed E-state index contributed by atoms with van der Waals surface area (Å²) in [5, 5.41) is 5.53. The van der Waals surface area contributed by atoms with Gasteiger partial charge in [-0.2, -0.15) is 0 Å². The molecule has 0 aliphatic rings. The third-order valence-electron chi connectivity index (χ3n) is 2.10. The van der Waals surface area contributed by atoms with E-state index in [1.54, 1.807) is 11.3 Å². The summed E-state index contributed by atoms with van der Waals surface area (Å²) < 4.78 is 1.27. The average Bonchev–Trinajstić information content (AvgIpc) is 2.61. The highest BCUT2D eigenvalue weighted by Gasteiger charge is 2.03. The summed E-state index contributed by atoms with van der Waals surface area (Å²) >= 11 is 1.75. The van der Waals surface area contributed by atoms with E-state index in [1.807, 2.05) is 6.92 Å². The topological polar surface area (TPSA) is 24.9 Å². The number of pyridine rings is 1. The first kappa shape index (κ1) is 9.46. The molecular formula is C11H14N2S. The van der Waals surface area contributed by atoms with Gasteiger partial charge in [0.2, 0.25) is 0 Å². The monoisotopic (exact) mass is 206 g/mol. The molecule has 0 atom stereocenters. The zero-order chi connectivity index (χ0) is 9.97. The number of aromatic nitrogens is 1. The van der Waals surface area contributed by atoms with Crippen LogP contribution in [-0.4, -0.2) is 11.5 Å². The highest BCUT2D eigenvalue weighted by molar-refractivity contribution is 7.17. The van der Waals surface area contributed by atoms with Crippen molar-refractivity contribution in [2.75, 3.05) is 11.9 Å². The van der Waals surface area contributed by atoms with E-state index < -0.39 is 0 Å². The highest BCUT2D eigenvalue weighted by Crippen LogP contribution is 2.27. The second kappa shape index (κ2) is 3.96. The maximum atomic E-state index is 4.47. The molecular weight excluding hydrogens is 192 g/mol. The Morgan fingerprint density at radius 3 is 3.14 bits per heavy atom. The minimum atomic E-state index is 1.02. The molecule has 0 saturated heterocycles. The van der Waals surface area contributed by atoms with Crippen LogP contribution in [0.4, 0.5) is 5.69 Å². The van der Waals surface area contributed by atoms with Crippen molar-refractivity contribution in [2.45, 2.75) is 20.3 Å². The van der Waals surface area contributed by atoms with Crippen LogP contribution in [0.5, 0.6) is 0 Å². The van der Waals surface area contributed by atoms with E-state index in [1.165, 1.54) is 10.4 Å². The number of nitrogens with zero attached hydrogens (tertiary/aromatic N) is 1. The van der Waals surface area contributed by atoms with E-state index in [9.17, 15) is 0 Å². The predicted molar refractivity (Wildman–Crippen MR) is 63.1 cm³/mol. The van der Waals surface area contributed by atoms with Gasteiger partial charge < -0.3 is 5.32 Å². The minimum Gasteiger partial charge on any atom is -0.384 e. The fourth-order valence-electron chi connectivity index (χ4n) is 1.48. The molecule has 0 amide bonds. The molecule has 2 heterocycles. The molecule has 0 saturated carbocycles. The molecule has 2 aromatic rings. The van der Waals surface area contributed by atoms with Crippen LogP contribution in [0.2, 0.25) is 0 Å². The minimum absolute atomic E-state index is 1.02. The first-order valence-electron chi connectivity index (χ1n) is 4.90. The molecule has 14 heavy (non-hydrogen) atoms. The van der Waals surface area contributed by atoms with Gasteiger partial charge in [-0.15, -0.1) is 11.3 Å². The fourth-order valence-corrected chi connectivity index (χ4v) is 2.31. The zero-order valence-electron chi connectivity index (χ0n) is 8.50. The number of anilines is 1. The lowest BCUT2D eigenvalue weighted by Gasteiger charge is -2.06. The largest absolute Gasteiger partial charge is 0.384 e. The van der Waals surface area contributed by atoms with Crippen molar-refractivity contribution in [1.29, 1.82) is 0 Å². The van der Waals surface area contributed by atoms with Gasteiger partial charge in [-0.3, -0.25) is 4.98 Å². The number of thiophene rings is 1. The van der Waals surface area contributed by atoms with Crippen LogP contribution in [0, 0.1) is 6.92 Å². The molecule has 0 aliphatic carbocycles. The van der Waals surface area contributed by atoms with E-state index >= 15 is 0 Å². The molecule has 0 spiro atoms. The first-order chi connectivity index (χ1) is 6.81. The number of nitrogens with one attached hydrogen (secondary N) is 1. The number of hydrogen-bond donors (Lipinski definition) is 1. The Morgan fingerprint density at radius 1 is 1.50 bits per heavy atom. The van der Waals surface area contributed by atoms with Crippen molar-refractivity contribution in [3.05, 3.63) is 23.2 Å². The fraction of sp³-hybridized carbons (Fsp3) is 0.364. The summed E-state index contributed by atoms with van der Waals surface area (Å²) in [6.07, 6.45) is 1.15. The lowest BCUT2D eigenvalue weighted by molar-refractivity contribution is 0.980. The average molecular weight is 206 g/mol. The van der Waals surface area contributed by atoms with Crippen molar-refractivity contribution in [2.24, 2.45) is 0 Å². The molecule has 0 bridgehead atoms. The van der Waals surface area contributed by atoms with Crippen LogP contribution in [-0.2, 0) is 0 Å². The quantitative estimate of drug-likeness (QED) is 0.832. The Balaban J connectivity index is 2.44. The van der Waals surface area contributed by atoms with Crippen molar-refractivity contribution in [3.8, 4) is 0 Å². The highest BCUT2D eigenvalue weighted by atomic mass is 32.1. The molecule has 0 radical (unpaired) electrons. The Morgan fingerprint density at radius 2 is 2.36 bits per heavy atom. The normalized spacial score (nSPS) is 10.7. The summed E-state index contributed by atoms with van der Waals surface area (Å²) in [4.78, 5) is 4.47. The van der Waals surface area contributed by atoms with Gasteiger partial charge >= 0.3 is 0 Å². The van der Waals surface area contributed by atoms with E-state index in [0.29, 0.717) is 0 Å². The van der Waals surface area contributed by atoms with Crippen LogP contribution in [0.3, 0.4) is 0 Å². The Hall–Kier alpha value is -1.09. The van der Waals surface area contributed by atoms with Gasteiger partial charge in [0, 0.05) is 12.2 Å². The first-order valence-corrected chi connectivity index (χ1v) is 5.78. The second-order valence-electron chi connectivity index (χ2n) is 3.37. The molecule has 0 unspecified atom stereocenters. The molecule has 74 valence electrons. The SMILES string of the molecule is CCCNc1cc(C)nc2ccsc12. The van der Waals surface area contributed by atoms with E-state index in [2.05, 4.69) is 34.7 Å². The lowest BCUT2D eigenvalue weighted by atomic mass is 10.3. The number of hydrogen-bond acceptors (Lipinski definition) is 3. The molecule has 2 rings (SSSR count). The summed E-state index contributed by atoms with van der Waals surface area (Å²) in [5.41, 5.74) is 3.41. The Kier molecular flexibility index (Phi) is 2.68. The number of aryl methyl sites for hydroxylation is 1. The van der Waals surface area contributed by atoms with Crippen molar-refractivity contribution < 1.29 is 0 Å². The standard InChI is InChI=1S/C11H14N2S/c1-3-5-12-10-7-8(2)13-9-4-6-14-11(9)10/h4,6-7H,3,5H2,1-2H3,(H,12,13). The molecule has 0 aromatic carbocycles. The van der Waals surface area contributed by atoms with Gasteiger partial charge in [-0.25, -0.2) is 0 Å². The van der Waals surface area contributed by atoms with Crippen molar-refractivity contribution in [3.63, 3.8) is 0 Å². The smallest absolute Gasteiger partial charge is 0.0833 e. The van der Waals surface area contributed by atoms with Crippen LogP contribution < -0.4 is 5.32 Å². The summed E-state index contributed by atoms with van der Waals surface area (Å²) in [7, 11) is 0. The van der Waals surface area contributed by atoms with E-state index in [0.717, 1.165) is 24.2 Å². The Labute approximate surface area is 88.0 Å². The van der Waals surface area contributed by atoms with Crippen LogP contribution >= 0.6 is 11.3 Å². The number of fused-ring (bicyclic) bond motifs is 1. The summed E-state index contributed by atoms with van der Waals surface area (Å²) in [6, 6.07) is 4.19. The van der Waals surface area contributed by atoms with Crippen molar-refractivity contribution in [1.82, 2.24) is 4.98 Å². The predicted octanol–water partition coefficient (Wildman–Crippen LogP) is 3.43. The maximum Gasteiger partial charge on any atom is 0.0833 e. The van der Waals surface area contributed by atoms with Crippen molar-refractivity contribution >= 4 is 27.2 Å². The molecule has 0 fully saturated rings. The maximum absolute atomic E-state index is 4.47. The summed E-state index contributed by atoms with van der Waals surface area (Å²) in [5.74, 6) is 0. The van der Waals surface area contributed by atoms with Crippen LogP contribution in [0.15, 0.2) is 17.5 Å². The van der Waals surface area contributed by atoms with Gasteiger partial charge in [-0.1, -0.05) is 6.92 Å². The Bertz CT molecular complexity index is 434. The van der Waals surface area contributed by atoms with Crippen LogP contribution in [0.25, 0.3) is 10.2 Å². The second-order valence-corrected chi connectivity index (χ2v) is 4.29. The molecule has 1 N–H and O–H groups in total. The third kappa shape index (κ3) is 1.73. The van der Waals surface area contributed by atoms with Gasteiger partial charge in [0.25, 0.3) is 0 Å². The van der Waals surface area contributed by atoms with Gasteiger partial charge in [0.15, 0.2) is 0 Å². The summed E-state index contributed by atoms with van der Waals surface area (Å²) in [6.45, 7) is 5.23. The third-order valence-corrected chi connectivity index (χ3v) is 3.04. The lowest BCUT2D eigenvalue weighted by Crippen LogP contribution is -2.00. The van der Waals surface area contributed by atoms with Gasteiger partial charge in [0.05, 0.1) is 15.9 Å². The van der Waals surface area contributed by atoms with Gasteiger partial charge in [0.1, 0.15) is 0 Å². The zero-order valence-corrected chi connectivity index (χ0v) is 9.32. The molecule has 2 aromatic heterocycles.